The zero-order valence-corrected chi connectivity index (χ0v) is 10.8. The van der Waals surface area contributed by atoms with Crippen LogP contribution in [0.2, 0.25) is 0 Å². The first-order chi connectivity index (χ1) is 1.73. The molecule has 0 rings (SSSR count). The Morgan fingerprint density at radius 2 is 0.714 bits per heavy atom. The molecular weight excluding hydrogens is 456 g/mol. The van der Waals surface area contributed by atoms with Gasteiger partial charge in [-0.15, -0.1) is 0 Å². The van der Waals surface area contributed by atoms with Crippen LogP contribution in [0.15, 0.2) is 0 Å². The predicted molar refractivity (Wildman–Crippen MR) is 58.7 cm³/mol. The largest absolute Gasteiger partial charge is 0.524 e. The highest BCUT2D eigenvalue weighted by atomic mass is 127. The molecule has 0 bridgehead atoms. The van der Waals surface area contributed by atoms with E-state index in [2.05, 4.69) is 60.8 Å². The van der Waals surface area contributed by atoms with Gasteiger partial charge >= 0.3 is 4.30 Å². The molecule has 48 valence electrons. The van der Waals surface area contributed by atoms with E-state index in [1.807, 2.05) is 0 Å². The van der Waals surface area contributed by atoms with Crippen LogP contribution in [0, 0.1) is 0 Å². The lowest BCUT2D eigenvalue weighted by molar-refractivity contribution is 0.823. The van der Waals surface area contributed by atoms with Crippen molar-refractivity contribution in [3.05, 3.63) is 0 Å². The number of rotatable bonds is 0. The maximum absolute atomic E-state index is 2.46. The van der Waals surface area contributed by atoms with Crippen molar-refractivity contribution in [1.29, 1.82) is 0 Å². The molecule has 0 fully saturated rings. The van der Waals surface area contributed by atoms with E-state index in [1.54, 1.807) is 0 Å². The SMILES string of the molecule is O.O.O.[I][Al]([I])[I]. The van der Waals surface area contributed by atoms with E-state index >= 15 is 0 Å². The molecule has 7 heavy (non-hydrogen) atoms. The summed E-state index contributed by atoms with van der Waals surface area (Å²) in [5.41, 5.74) is 0. The molecule has 0 radical (unpaired) electrons. The second-order valence-electron chi connectivity index (χ2n) is 0.247. The zero-order chi connectivity index (χ0) is 3.58. The normalized spacial score (nSPS) is 3.86. The number of hydrogen-bond donors (Lipinski definition) is 0. The Hall–Kier alpha value is 2.60. The van der Waals surface area contributed by atoms with Crippen LogP contribution in [0.25, 0.3) is 0 Å². The van der Waals surface area contributed by atoms with Crippen LogP contribution in [0.4, 0.5) is 0 Å². The minimum absolute atomic E-state index is 0. The lowest BCUT2D eigenvalue weighted by Gasteiger charge is -1.59. The van der Waals surface area contributed by atoms with E-state index in [4.69, 9.17) is 0 Å². The van der Waals surface area contributed by atoms with Crippen molar-refractivity contribution in [3.8, 4) is 0 Å². The van der Waals surface area contributed by atoms with E-state index in [1.165, 1.54) is 0 Å². The van der Waals surface area contributed by atoms with Crippen LogP contribution < -0.4 is 0 Å². The van der Waals surface area contributed by atoms with Gasteiger partial charge in [0.1, 0.15) is 0 Å². The Morgan fingerprint density at radius 1 is 0.714 bits per heavy atom. The minimum atomic E-state index is -0.229. The first-order valence-electron chi connectivity index (χ1n) is 0.655. The third-order valence-corrected chi connectivity index (χ3v) is 0. The average Bonchev–Trinajstić information content (AvgIpc) is 0.811. The molecule has 3 nitrogen and oxygen atoms in total. The fourth-order valence-corrected chi connectivity index (χ4v) is 0. The summed E-state index contributed by atoms with van der Waals surface area (Å²) in [5.74, 6) is 0. The maximum atomic E-state index is 2.46. The van der Waals surface area contributed by atoms with Crippen LogP contribution in [-0.2, 0) is 0 Å². The quantitative estimate of drug-likeness (QED) is 0.353. The Bertz CT molecular complexity index is 14.9. The molecule has 6 N–H and O–H groups in total. The highest BCUT2D eigenvalue weighted by Gasteiger charge is 1.94. The lowest BCUT2D eigenvalue weighted by Crippen LogP contribution is -1.59. The summed E-state index contributed by atoms with van der Waals surface area (Å²) >= 11 is 7.37. The monoisotopic (exact) mass is 462 g/mol. The van der Waals surface area contributed by atoms with Gasteiger partial charge in [0, 0.05) is 0 Å². The first kappa shape index (κ1) is 22.6. The Morgan fingerprint density at radius 3 is 0.714 bits per heavy atom. The van der Waals surface area contributed by atoms with Crippen molar-refractivity contribution in [2.75, 3.05) is 0 Å². The van der Waals surface area contributed by atoms with Crippen molar-refractivity contribution in [2.45, 2.75) is 0 Å². The van der Waals surface area contributed by atoms with Crippen molar-refractivity contribution in [3.63, 3.8) is 0 Å². The maximum Gasteiger partial charge on any atom is 0.524 e. The van der Waals surface area contributed by atoms with Gasteiger partial charge in [-0.1, -0.05) is 0 Å². The van der Waals surface area contributed by atoms with Crippen molar-refractivity contribution in [1.82, 2.24) is 0 Å². The molecule has 0 aromatic rings. The van der Waals surface area contributed by atoms with Crippen molar-refractivity contribution in [2.24, 2.45) is 0 Å². The van der Waals surface area contributed by atoms with Crippen molar-refractivity contribution >= 4 is 65.1 Å². The van der Waals surface area contributed by atoms with Crippen LogP contribution in [0.1, 0.15) is 0 Å². The second kappa shape index (κ2) is 15.8. The average molecular weight is 462 g/mol. The summed E-state index contributed by atoms with van der Waals surface area (Å²) in [6.45, 7) is 0. The molecule has 0 aliphatic rings. The van der Waals surface area contributed by atoms with Crippen LogP contribution in [0.5, 0.6) is 0 Å². The Kier molecular flexibility index (Phi) is 51.2. The van der Waals surface area contributed by atoms with E-state index in [0.717, 1.165) is 0 Å². The van der Waals surface area contributed by atoms with Gasteiger partial charge in [-0.3, -0.25) is 0 Å². The van der Waals surface area contributed by atoms with Crippen LogP contribution >= 0.6 is 60.8 Å². The zero-order valence-electron chi connectivity index (χ0n) is 3.21. The van der Waals surface area contributed by atoms with E-state index < -0.39 is 0 Å². The molecule has 0 spiro atoms. The van der Waals surface area contributed by atoms with Gasteiger partial charge in [0.2, 0.25) is 0 Å². The van der Waals surface area contributed by atoms with E-state index in [-0.39, 0.29) is 20.7 Å². The second-order valence-corrected chi connectivity index (χ2v) is 33.4. The van der Waals surface area contributed by atoms with Gasteiger partial charge < -0.3 is 16.4 Å². The summed E-state index contributed by atoms with van der Waals surface area (Å²) in [4.78, 5) is 0. The number of halogens is 3. The molecular formula is H6AlI3O3. The molecule has 0 unspecified atom stereocenters. The highest BCUT2D eigenvalue weighted by molar-refractivity contribution is 14.4. The summed E-state index contributed by atoms with van der Waals surface area (Å²) in [6.07, 6.45) is 0. The predicted octanol–water partition coefficient (Wildman–Crippen LogP) is -0.198. The van der Waals surface area contributed by atoms with Gasteiger partial charge in [-0.25, -0.2) is 0 Å². The Labute approximate surface area is 79.9 Å². The summed E-state index contributed by atoms with van der Waals surface area (Å²) < 4.78 is -0.229. The molecule has 0 saturated heterocycles. The van der Waals surface area contributed by atoms with Crippen LogP contribution in [-0.4, -0.2) is 20.7 Å². The molecule has 0 aliphatic carbocycles. The van der Waals surface area contributed by atoms with Crippen LogP contribution in [0.3, 0.4) is 0 Å². The summed E-state index contributed by atoms with van der Waals surface area (Å²) in [6, 6.07) is 0. The van der Waals surface area contributed by atoms with Gasteiger partial charge in [0.25, 0.3) is 0 Å². The standard InChI is InChI=1S/Al.3HI.3H2O/h;3*1H;3*1H2/q+3;;;;;;/p-3. The topological polar surface area (TPSA) is 94.5 Å². The fraction of sp³-hybridized carbons (Fsp3) is 0. The van der Waals surface area contributed by atoms with E-state index in [0.29, 0.717) is 0 Å². The molecule has 0 aromatic carbocycles. The molecule has 0 atom stereocenters. The van der Waals surface area contributed by atoms with Crippen molar-refractivity contribution < 1.29 is 16.4 Å². The molecule has 0 heterocycles. The minimum Gasteiger partial charge on any atom is -0.412 e. The molecule has 0 aromatic heterocycles. The van der Waals surface area contributed by atoms with Gasteiger partial charge in [0.15, 0.2) is 0 Å². The fourth-order valence-electron chi connectivity index (χ4n) is 0. The third-order valence-electron chi connectivity index (χ3n) is 0. The van der Waals surface area contributed by atoms with E-state index in [9.17, 15) is 0 Å². The van der Waals surface area contributed by atoms with Gasteiger partial charge in [0.05, 0.1) is 0 Å². The Balaban J connectivity index is -0.0000000150. The molecule has 0 aliphatic heterocycles. The first-order valence-corrected chi connectivity index (χ1v) is 13.2. The number of hydrogen-bond acceptors (Lipinski definition) is 0. The molecule has 0 saturated carbocycles. The third kappa shape index (κ3) is 55.4. The molecule has 7 heteroatoms. The van der Waals surface area contributed by atoms with Gasteiger partial charge in [-0.05, 0) is 0 Å². The summed E-state index contributed by atoms with van der Waals surface area (Å²) in [7, 11) is 0. The lowest BCUT2D eigenvalue weighted by atomic mass is 16.0. The smallest absolute Gasteiger partial charge is 0.412 e. The highest BCUT2D eigenvalue weighted by Crippen LogP contribution is 2.10. The summed E-state index contributed by atoms with van der Waals surface area (Å²) in [5, 5.41) is 0. The molecule has 0 amide bonds. The van der Waals surface area contributed by atoms with Gasteiger partial charge in [-0.2, -0.15) is 60.8 Å².